The third kappa shape index (κ3) is 2.63. The average Bonchev–Trinajstić information content (AvgIpc) is 2.46. The number of hydrogen-bond acceptors (Lipinski definition) is 5. The van der Waals surface area contributed by atoms with Crippen LogP contribution in [0, 0.1) is 0 Å². The summed E-state index contributed by atoms with van der Waals surface area (Å²) in [5.41, 5.74) is 6.61. The zero-order valence-electron chi connectivity index (χ0n) is 8.32. The van der Waals surface area contributed by atoms with E-state index >= 15 is 0 Å². The van der Waals surface area contributed by atoms with Gasteiger partial charge in [-0.1, -0.05) is 11.4 Å². The maximum Gasteiger partial charge on any atom is 0.132 e. The van der Waals surface area contributed by atoms with Gasteiger partial charge in [-0.25, -0.2) is 0 Å². The number of nitrogen functional groups attached to an aromatic ring is 1. The molecule has 1 heterocycles. The van der Waals surface area contributed by atoms with Crippen molar-refractivity contribution < 1.29 is 0 Å². The first-order valence-corrected chi connectivity index (χ1v) is 5.23. The molecule has 0 aliphatic heterocycles. The van der Waals surface area contributed by atoms with Gasteiger partial charge >= 0.3 is 0 Å². The molecular formula is C8H16N4S. The molecule has 5 heteroatoms. The average molecular weight is 200 g/mol. The topological polar surface area (TPSA) is 55.0 Å². The highest BCUT2D eigenvalue weighted by atomic mass is 32.1. The Labute approximate surface area is 82.9 Å². The van der Waals surface area contributed by atoms with Gasteiger partial charge in [-0.05, 0) is 20.4 Å². The van der Waals surface area contributed by atoms with Gasteiger partial charge in [-0.15, -0.1) is 5.10 Å². The van der Waals surface area contributed by atoms with Crippen molar-refractivity contribution in [3.63, 3.8) is 0 Å². The lowest BCUT2D eigenvalue weighted by molar-refractivity contribution is 0.222. The van der Waals surface area contributed by atoms with E-state index in [0.29, 0.717) is 6.04 Å². The second-order valence-corrected chi connectivity index (χ2v) is 4.03. The van der Waals surface area contributed by atoms with Crippen LogP contribution in [-0.2, 0) is 6.54 Å². The fourth-order valence-electron chi connectivity index (χ4n) is 1.18. The van der Waals surface area contributed by atoms with Crippen molar-refractivity contribution in [2.24, 2.45) is 0 Å². The largest absolute Gasteiger partial charge is 0.388 e. The van der Waals surface area contributed by atoms with Crippen molar-refractivity contribution >= 4 is 16.5 Å². The molecule has 0 aliphatic rings. The van der Waals surface area contributed by atoms with Gasteiger partial charge in [0.15, 0.2) is 0 Å². The van der Waals surface area contributed by atoms with Gasteiger partial charge in [0.05, 0.1) is 0 Å². The van der Waals surface area contributed by atoms with Crippen LogP contribution in [0.5, 0.6) is 0 Å². The van der Waals surface area contributed by atoms with E-state index < -0.39 is 0 Å². The van der Waals surface area contributed by atoms with Crippen LogP contribution in [0.15, 0.2) is 0 Å². The molecule has 0 fully saturated rings. The summed E-state index contributed by atoms with van der Waals surface area (Å²) < 4.78 is 3.81. The molecule has 0 amide bonds. The van der Waals surface area contributed by atoms with E-state index in [4.69, 9.17) is 5.73 Å². The van der Waals surface area contributed by atoms with Gasteiger partial charge in [-0.2, -0.15) is 0 Å². The molecule has 13 heavy (non-hydrogen) atoms. The van der Waals surface area contributed by atoms with Crippen molar-refractivity contribution in [1.29, 1.82) is 0 Å². The number of hydrogen-bond donors (Lipinski definition) is 1. The van der Waals surface area contributed by atoms with Crippen molar-refractivity contribution in [2.75, 3.05) is 12.3 Å². The Kier molecular flexibility index (Phi) is 3.62. The number of anilines is 1. The number of nitrogens with two attached hydrogens (primary N) is 1. The highest BCUT2D eigenvalue weighted by Gasteiger charge is 2.11. The summed E-state index contributed by atoms with van der Waals surface area (Å²) in [6, 6.07) is 0.520. The SMILES string of the molecule is CCN(Cc1nnsc1N)C(C)C. The summed E-state index contributed by atoms with van der Waals surface area (Å²) in [7, 11) is 0. The highest BCUT2D eigenvalue weighted by molar-refractivity contribution is 7.09. The van der Waals surface area contributed by atoms with Gasteiger partial charge in [0, 0.05) is 24.1 Å². The molecule has 0 aliphatic carbocycles. The van der Waals surface area contributed by atoms with Gasteiger partial charge in [0.1, 0.15) is 10.7 Å². The lowest BCUT2D eigenvalue weighted by atomic mass is 10.3. The second kappa shape index (κ2) is 4.53. The van der Waals surface area contributed by atoms with Gasteiger partial charge in [0.2, 0.25) is 0 Å². The molecule has 0 bridgehead atoms. The summed E-state index contributed by atoms with van der Waals surface area (Å²) in [5.74, 6) is 0. The third-order valence-electron chi connectivity index (χ3n) is 2.07. The Balaban J connectivity index is 2.62. The van der Waals surface area contributed by atoms with Crippen molar-refractivity contribution in [3.8, 4) is 0 Å². The van der Waals surface area contributed by atoms with E-state index in [0.717, 1.165) is 23.8 Å². The number of aromatic nitrogens is 2. The standard InChI is InChI=1S/C8H16N4S/c1-4-12(6(2)3)5-7-8(9)13-11-10-7/h6H,4-5,9H2,1-3H3. The second-order valence-electron chi connectivity index (χ2n) is 3.24. The Morgan fingerprint density at radius 3 is 2.62 bits per heavy atom. The lowest BCUT2D eigenvalue weighted by Crippen LogP contribution is -2.30. The van der Waals surface area contributed by atoms with E-state index in [9.17, 15) is 0 Å². The molecule has 1 aromatic heterocycles. The molecule has 2 N–H and O–H groups in total. The summed E-state index contributed by atoms with van der Waals surface area (Å²) in [5, 5.41) is 4.72. The molecule has 0 spiro atoms. The van der Waals surface area contributed by atoms with E-state index in [1.165, 1.54) is 11.5 Å². The molecule has 0 radical (unpaired) electrons. The van der Waals surface area contributed by atoms with E-state index in [2.05, 4.69) is 35.3 Å². The van der Waals surface area contributed by atoms with Gasteiger partial charge in [-0.3, -0.25) is 4.90 Å². The van der Waals surface area contributed by atoms with Crippen molar-refractivity contribution in [2.45, 2.75) is 33.4 Å². The van der Waals surface area contributed by atoms with E-state index in [-0.39, 0.29) is 0 Å². The van der Waals surface area contributed by atoms with Crippen LogP contribution in [0.3, 0.4) is 0 Å². The predicted octanol–water partition coefficient (Wildman–Crippen LogP) is 1.35. The summed E-state index contributed by atoms with van der Waals surface area (Å²) in [4.78, 5) is 2.30. The summed E-state index contributed by atoms with van der Waals surface area (Å²) in [6.45, 7) is 8.28. The molecule has 74 valence electrons. The van der Waals surface area contributed by atoms with Crippen molar-refractivity contribution in [1.82, 2.24) is 14.5 Å². The Morgan fingerprint density at radius 2 is 2.23 bits per heavy atom. The van der Waals surface area contributed by atoms with Crippen molar-refractivity contribution in [3.05, 3.63) is 5.69 Å². The fourth-order valence-corrected chi connectivity index (χ4v) is 1.62. The third-order valence-corrected chi connectivity index (χ3v) is 2.67. The lowest BCUT2D eigenvalue weighted by Gasteiger charge is -2.23. The minimum atomic E-state index is 0.520. The van der Waals surface area contributed by atoms with E-state index in [1.807, 2.05) is 0 Å². The zero-order valence-corrected chi connectivity index (χ0v) is 9.14. The number of rotatable bonds is 4. The van der Waals surface area contributed by atoms with Gasteiger partial charge in [0.25, 0.3) is 0 Å². The fraction of sp³-hybridized carbons (Fsp3) is 0.750. The minimum Gasteiger partial charge on any atom is -0.388 e. The monoisotopic (exact) mass is 200 g/mol. The first-order valence-electron chi connectivity index (χ1n) is 4.45. The molecule has 1 rings (SSSR count). The molecule has 0 aromatic carbocycles. The quantitative estimate of drug-likeness (QED) is 0.797. The van der Waals surface area contributed by atoms with Gasteiger partial charge < -0.3 is 5.73 Å². The van der Waals surface area contributed by atoms with Crippen LogP contribution in [0.1, 0.15) is 26.5 Å². The molecule has 0 saturated heterocycles. The summed E-state index contributed by atoms with van der Waals surface area (Å²) >= 11 is 1.26. The molecular weight excluding hydrogens is 184 g/mol. The molecule has 0 saturated carbocycles. The molecule has 0 atom stereocenters. The van der Waals surface area contributed by atoms with E-state index in [1.54, 1.807) is 0 Å². The molecule has 4 nitrogen and oxygen atoms in total. The Hall–Kier alpha value is -0.680. The maximum absolute atomic E-state index is 5.71. The normalized spacial score (nSPS) is 11.5. The minimum absolute atomic E-state index is 0.520. The molecule has 0 unspecified atom stereocenters. The smallest absolute Gasteiger partial charge is 0.132 e. The van der Waals surface area contributed by atoms with Crippen LogP contribution in [0.4, 0.5) is 5.00 Å². The Bertz CT molecular complexity index is 258. The number of nitrogens with zero attached hydrogens (tertiary/aromatic N) is 3. The zero-order chi connectivity index (χ0) is 9.84. The Morgan fingerprint density at radius 1 is 1.54 bits per heavy atom. The highest BCUT2D eigenvalue weighted by Crippen LogP contribution is 2.15. The van der Waals surface area contributed by atoms with Crippen LogP contribution in [0.25, 0.3) is 0 Å². The van der Waals surface area contributed by atoms with Crippen LogP contribution in [0.2, 0.25) is 0 Å². The van der Waals surface area contributed by atoms with Crippen LogP contribution < -0.4 is 5.73 Å². The maximum atomic E-state index is 5.71. The first kappa shape index (κ1) is 10.4. The predicted molar refractivity (Wildman–Crippen MR) is 55.5 cm³/mol. The van der Waals surface area contributed by atoms with Crippen LogP contribution >= 0.6 is 11.5 Å². The summed E-state index contributed by atoms with van der Waals surface area (Å²) in [6.07, 6.45) is 0. The molecule has 1 aromatic rings. The van der Waals surface area contributed by atoms with Crippen LogP contribution in [-0.4, -0.2) is 27.1 Å². The first-order chi connectivity index (χ1) is 6.15.